The maximum Gasteiger partial charge on any atom is 0.324 e. The highest BCUT2D eigenvalue weighted by Crippen LogP contribution is 2.24. The Morgan fingerprint density at radius 3 is 2.61 bits per heavy atom. The SMILES string of the molecule is Cc1cccc(CN2CCCN(c3cccc(C(=O)Nc4cccc([C@@H](C)O)c4)c3)C2=O)c1. The van der Waals surface area contributed by atoms with Crippen LogP contribution in [0.15, 0.2) is 72.8 Å². The van der Waals surface area contributed by atoms with Crippen molar-refractivity contribution in [1.82, 2.24) is 4.90 Å². The van der Waals surface area contributed by atoms with Crippen LogP contribution in [0, 0.1) is 6.92 Å². The molecule has 0 unspecified atom stereocenters. The van der Waals surface area contributed by atoms with Crippen LogP contribution in [-0.2, 0) is 6.54 Å². The number of carbonyl (C=O) groups is 2. The van der Waals surface area contributed by atoms with E-state index in [0.717, 1.165) is 17.5 Å². The molecule has 3 amide bonds. The average Bonchev–Trinajstić information content (AvgIpc) is 2.81. The standard InChI is InChI=1S/C27H29N3O3/c1-19-7-3-8-21(15-19)18-29-13-6-14-30(27(29)33)25-12-5-10-23(17-25)26(32)28-24-11-4-9-22(16-24)20(2)31/h3-5,7-12,15-17,20,31H,6,13-14,18H2,1-2H3,(H,28,32)/t20-/m1/s1. The molecule has 1 aliphatic rings. The van der Waals surface area contributed by atoms with Crippen molar-refractivity contribution in [2.75, 3.05) is 23.3 Å². The van der Waals surface area contributed by atoms with Gasteiger partial charge in [-0.1, -0.05) is 48.0 Å². The lowest BCUT2D eigenvalue weighted by molar-refractivity contribution is 0.102. The van der Waals surface area contributed by atoms with E-state index in [-0.39, 0.29) is 11.9 Å². The molecule has 1 fully saturated rings. The van der Waals surface area contributed by atoms with Crippen molar-refractivity contribution in [3.05, 3.63) is 95.1 Å². The summed E-state index contributed by atoms with van der Waals surface area (Å²) in [7, 11) is 0. The van der Waals surface area contributed by atoms with Crippen LogP contribution >= 0.6 is 0 Å². The number of rotatable bonds is 6. The van der Waals surface area contributed by atoms with Crippen LogP contribution in [-0.4, -0.2) is 35.0 Å². The number of hydrogen-bond acceptors (Lipinski definition) is 3. The summed E-state index contributed by atoms with van der Waals surface area (Å²) in [5, 5.41) is 12.7. The summed E-state index contributed by atoms with van der Waals surface area (Å²) < 4.78 is 0. The van der Waals surface area contributed by atoms with Crippen LogP contribution < -0.4 is 10.2 Å². The lowest BCUT2D eigenvalue weighted by Gasteiger charge is -2.36. The van der Waals surface area contributed by atoms with E-state index >= 15 is 0 Å². The Balaban J connectivity index is 1.49. The average molecular weight is 444 g/mol. The van der Waals surface area contributed by atoms with Crippen LogP contribution in [0.2, 0.25) is 0 Å². The van der Waals surface area contributed by atoms with Crippen LogP contribution in [0.25, 0.3) is 0 Å². The second-order valence-electron chi connectivity index (χ2n) is 8.50. The van der Waals surface area contributed by atoms with E-state index in [0.29, 0.717) is 36.6 Å². The number of amides is 3. The summed E-state index contributed by atoms with van der Waals surface area (Å²) in [4.78, 5) is 29.7. The number of nitrogens with one attached hydrogen (secondary N) is 1. The minimum atomic E-state index is -0.613. The van der Waals surface area contributed by atoms with E-state index in [2.05, 4.69) is 11.4 Å². The summed E-state index contributed by atoms with van der Waals surface area (Å²) >= 11 is 0. The zero-order valence-electron chi connectivity index (χ0n) is 19.0. The van der Waals surface area contributed by atoms with Crippen molar-refractivity contribution >= 4 is 23.3 Å². The monoisotopic (exact) mass is 443 g/mol. The minimum Gasteiger partial charge on any atom is -0.389 e. The number of aryl methyl sites for hydroxylation is 1. The molecule has 3 aromatic rings. The van der Waals surface area contributed by atoms with E-state index in [4.69, 9.17) is 0 Å². The maximum atomic E-state index is 13.2. The molecule has 33 heavy (non-hydrogen) atoms. The molecule has 0 aromatic heterocycles. The number of anilines is 2. The number of hydrogen-bond donors (Lipinski definition) is 2. The Morgan fingerprint density at radius 2 is 1.82 bits per heavy atom. The molecule has 0 aliphatic carbocycles. The lowest BCUT2D eigenvalue weighted by atomic mass is 10.1. The van der Waals surface area contributed by atoms with Gasteiger partial charge < -0.3 is 15.3 Å². The van der Waals surface area contributed by atoms with Gasteiger partial charge in [0.25, 0.3) is 5.91 Å². The summed E-state index contributed by atoms with van der Waals surface area (Å²) in [6.07, 6.45) is 0.248. The highest BCUT2D eigenvalue weighted by atomic mass is 16.3. The fourth-order valence-corrected chi connectivity index (χ4v) is 4.09. The summed E-state index contributed by atoms with van der Waals surface area (Å²) in [6.45, 7) is 5.62. The molecule has 0 saturated carbocycles. The van der Waals surface area contributed by atoms with Gasteiger partial charge in [0.1, 0.15) is 0 Å². The molecule has 6 nitrogen and oxygen atoms in total. The Morgan fingerprint density at radius 1 is 1.03 bits per heavy atom. The van der Waals surface area contributed by atoms with Gasteiger partial charge in [-0.15, -0.1) is 0 Å². The fourth-order valence-electron chi connectivity index (χ4n) is 4.09. The van der Waals surface area contributed by atoms with E-state index in [1.54, 1.807) is 48.2 Å². The summed E-state index contributed by atoms with van der Waals surface area (Å²) in [5.74, 6) is -0.263. The molecule has 2 N–H and O–H groups in total. The largest absolute Gasteiger partial charge is 0.389 e. The first-order valence-corrected chi connectivity index (χ1v) is 11.2. The van der Waals surface area contributed by atoms with E-state index in [9.17, 15) is 14.7 Å². The van der Waals surface area contributed by atoms with Gasteiger partial charge in [-0.05, 0) is 61.7 Å². The van der Waals surface area contributed by atoms with E-state index in [1.165, 1.54) is 5.56 Å². The van der Waals surface area contributed by atoms with Gasteiger partial charge in [-0.2, -0.15) is 0 Å². The highest BCUT2D eigenvalue weighted by Gasteiger charge is 2.27. The van der Waals surface area contributed by atoms with Gasteiger partial charge in [0, 0.05) is 36.6 Å². The third-order valence-corrected chi connectivity index (χ3v) is 5.81. The van der Waals surface area contributed by atoms with Gasteiger partial charge in [-0.3, -0.25) is 9.69 Å². The van der Waals surface area contributed by atoms with Crippen molar-refractivity contribution < 1.29 is 14.7 Å². The molecule has 4 rings (SSSR count). The molecule has 3 aromatic carbocycles. The normalized spacial score (nSPS) is 14.8. The van der Waals surface area contributed by atoms with Crippen LogP contribution in [0.5, 0.6) is 0 Å². The fraction of sp³-hybridized carbons (Fsp3) is 0.259. The van der Waals surface area contributed by atoms with Crippen LogP contribution in [0.3, 0.4) is 0 Å². The molecule has 0 radical (unpaired) electrons. The quantitative estimate of drug-likeness (QED) is 0.555. The van der Waals surface area contributed by atoms with Crippen molar-refractivity contribution in [2.24, 2.45) is 0 Å². The van der Waals surface area contributed by atoms with E-state index in [1.807, 2.05) is 42.2 Å². The number of urea groups is 1. The predicted octanol–water partition coefficient (Wildman–Crippen LogP) is 5.13. The predicted molar refractivity (Wildman–Crippen MR) is 130 cm³/mol. The van der Waals surface area contributed by atoms with Crippen molar-refractivity contribution in [1.29, 1.82) is 0 Å². The molecule has 1 aliphatic heterocycles. The minimum absolute atomic E-state index is 0.0510. The molecule has 1 saturated heterocycles. The molecule has 170 valence electrons. The summed E-state index contributed by atoms with van der Waals surface area (Å²) in [5.41, 5.74) is 4.80. The highest BCUT2D eigenvalue weighted by molar-refractivity contribution is 6.05. The molecule has 0 bridgehead atoms. The second-order valence-corrected chi connectivity index (χ2v) is 8.50. The Bertz CT molecular complexity index is 1160. The first-order chi connectivity index (χ1) is 15.9. The number of nitrogens with zero attached hydrogens (tertiary/aromatic N) is 2. The molecule has 1 atom stereocenters. The third kappa shape index (κ3) is 5.41. The Hall–Kier alpha value is -3.64. The molecular formula is C27H29N3O3. The lowest BCUT2D eigenvalue weighted by Crippen LogP contribution is -2.49. The molecular weight excluding hydrogens is 414 g/mol. The van der Waals surface area contributed by atoms with Gasteiger partial charge in [-0.25, -0.2) is 4.79 Å². The van der Waals surface area contributed by atoms with Gasteiger partial charge in [0.05, 0.1) is 6.10 Å². The first kappa shape index (κ1) is 22.6. The van der Waals surface area contributed by atoms with Gasteiger partial charge >= 0.3 is 6.03 Å². The Labute approximate surface area is 194 Å². The van der Waals surface area contributed by atoms with Crippen molar-refractivity contribution in [2.45, 2.75) is 32.9 Å². The van der Waals surface area contributed by atoms with Crippen LogP contribution in [0.4, 0.5) is 16.2 Å². The van der Waals surface area contributed by atoms with Crippen LogP contribution in [0.1, 0.15) is 46.5 Å². The number of aliphatic hydroxyl groups excluding tert-OH is 1. The zero-order valence-corrected chi connectivity index (χ0v) is 19.0. The number of carbonyl (C=O) groups excluding carboxylic acids is 2. The molecule has 6 heteroatoms. The second kappa shape index (κ2) is 9.88. The first-order valence-electron chi connectivity index (χ1n) is 11.2. The van der Waals surface area contributed by atoms with Crippen molar-refractivity contribution in [3.8, 4) is 0 Å². The smallest absolute Gasteiger partial charge is 0.324 e. The number of aliphatic hydroxyl groups is 1. The number of benzene rings is 3. The van der Waals surface area contributed by atoms with Crippen molar-refractivity contribution in [3.63, 3.8) is 0 Å². The maximum absolute atomic E-state index is 13.2. The van der Waals surface area contributed by atoms with E-state index < -0.39 is 6.10 Å². The van der Waals surface area contributed by atoms with Gasteiger partial charge in [0.2, 0.25) is 0 Å². The van der Waals surface area contributed by atoms with Gasteiger partial charge in [0.15, 0.2) is 0 Å². The molecule has 0 spiro atoms. The molecule has 1 heterocycles. The third-order valence-electron chi connectivity index (χ3n) is 5.81. The topological polar surface area (TPSA) is 72.9 Å². The Kier molecular flexibility index (Phi) is 6.75. The zero-order chi connectivity index (χ0) is 23.4. The summed E-state index contributed by atoms with van der Waals surface area (Å²) in [6, 6.07) is 22.4.